The van der Waals surface area contributed by atoms with Crippen LogP contribution in [0.5, 0.6) is 5.88 Å². The van der Waals surface area contributed by atoms with E-state index in [1.54, 1.807) is 0 Å². The van der Waals surface area contributed by atoms with E-state index in [0.717, 1.165) is 44.3 Å². The molecule has 3 aliphatic carbocycles. The highest BCUT2D eigenvalue weighted by Crippen LogP contribution is 2.52. The molecule has 0 radical (unpaired) electrons. The summed E-state index contributed by atoms with van der Waals surface area (Å²) in [5, 5.41) is 1.37. The van der Waals surface area contributed by atoms with E-state index in [1.165, 1.54) is 53.4 Å². The summed E-state index contributed by atoms with van der Waals surface area (Å²) in [6, 6.07) is 14.4. The van der Waals surface area contributed by atoms with E-state index in [9.17, 15) is 4.39 Å². The van der Waals surface area contributed by atoms with E-state index < -0.39 is 0 Å². The van der Waals surface area contributed by atoms with E-state index >= 15 is 0 Å². The summed E-state index contributed by atoms with van der Waals surface area (Å²) in [4.78, 5) is 13.8. The first-order valence-electron chi connectivity index (χ1n) is 14.5. The maximum Gasteiger partial charge on any atom is 0.213 e. The molecule has 2 aliphatic heterocycles. The lowest BCUT2D eigenvalue weighted by Gasteiger charge is -2.55. The molecule has 4 heterocycles. The summed E-state index contributed by atoms with van der Waals surface area (Å²) < 4.78 is 18.8. The minimum Gasteiger partial charge on any atom is -0.473 e. The van der Waals surface area contributed by atoms with Gasteiger partial charge in [0.1, 0.15) is 6.10 Å². The van der Waals surface area contributed by atoms with Gasteiger partial charge in [0.25, 0.3) is 0 Å². The fraction of sp³-hybridized carbons (Fsp3) is 0.581. The third-order valence-corrected chi connectivity index (χ3v) is 9.70. The van der Waals surface area contributed by atoms with Crippen LogP contribution in [0.15, 0.2) is 42.6 Å². The summed E-state index contributed by atoms with van der Waals surface area (Å²) in [6.45, 7) is 4.84. The van der Waals surface area contributed by atoms with Gasteiger partial charge in [0, 0.05) is 60.6 Å². The lowest BCUT2D eigenvalue weighted by molar-refractivity contribution is -0.0356. The number of likely N-dealkylation sites (tertiary alicyclic amines) is 1. The van der Waals surface area contributed by atoms with Gasteiger partial charge in [-0.2, -0.15) is 0 Å². The number of H-pyrrole nitrogens is 1. The van der Waals surface area contributed by atoms with Gasteiger partial charge in [-0.3, -0.25) is 14.2 Å². The van der Waals surface area contributed by atoms with Crippen molar-refractivity contribution >= 4 is 10.9 Å². The second-order valence-corrected chi connectivity index (χ2v) is 12.0. The van der Waals surface area contributed by atoms with Crippen molar-refractivity contribution in [2.45, 2.75) is 76.1 Å². The Balaban J connectivity index is 1.18. The molecule has 1 unspecified atom stereocenters. The predicted molar refractivity (Wildman–Crippen MR) is 145 cm³/mol. The molecule has 3 aromatic rings. The lowest BCUT2D eigenvalue weighted by Crippen LogP contribution is -2.56. The normalized spacial score (nSPS) is 31.8. The number of benzene rings is 1. The number of fused-ring (bicyclic) bond motifs is 5. The van der Waals surface area contributed by atoms with Crippen LogP contribution in [-0.4, -0.2) is 64.3 Å². The maximum atomic E-state index is 12.6. The Bertz CT molecular complexity index is 1230. The zero-order valence-electron chi connectivity index (χ0n) is 21.9. The highest BCUT2D eigenvalue weighted by atomic mass is 19.1. The van der Waals surface area contributed by atoms with Crippen molar-refractivity contribution in [3.8, 4) is 5.88 Å². The van der Waals surface area contributed by atoms with Crippen molar-refractivity contribution in [2.24, 2.45) is 11.8 Å². The number of rotatable bonds is 7. The van der Waals surface area contributed by atoms with Crippen LogP contribution in [-0.2, 0) is 6.42 Å². The van der Waals surface area contributed by atoms with Crippen LogP contribution in [0.2, 0.25) is 0 Å². The summed E-state index contributed by atoms with van der Waals surface area (Å²) in [5.74, 6) is 2.52. The number of ether oxygens (including phenoxy) is 1. The first-order chi connectivity index (χ1) is 18.2. The van der Waals surface area contributed by atoms with E-state index in [1.807, 2.05) is 0 Å². The Labute approximate surface area is 219 Å². The number of nitrogens with one attached hydrogen (secondary N) is 1. The molecule has 5 nitrogen and oxygen atoms in total. The number of pyridine rings is 1. The van der Waals surface area contributed by atoms with Crippen LogP contribution >= 0.6 is 0 Å². The minimum absolute atomic E-state index is 0.137. The van der Waals surface area contributed by atoms with E-state index in [2.05, 4.69) is 64.3 Å². The topological polar surface area (TPSA) is 44.4 Å². The van der Waals surface area contributed by atoms with Gasteiger partial charge >= 0.3 is 0 Å². The van der Waals surface area contributed by atoms with Gasteiger partial charge in [0.15, 0.2) is 0 Å². The van der Waals surface area contributed by atoms with Gasteiger partial charge in [-0.15, -0.1) is 0 Å². The van der Waals surface area contributed by atoms with Crippen molar-refractivity contribution in [1.82, 2.24) is 19.8 Å². The molecular formula is C31H39FN4O. The molecular weight excluding hydrogens is 463 g/mol. The van der Waals surface area contributed by atoms with Gasteiger partial charge in [-0.05, 0) is 80.9 Å². The summed E-state index contributed by atoms with van der Waals surface area (Å²) in [6.07, 6.45) is 10.4. The Kier molecular flexibility index (Phi) is 6.20. The summed E-state index contributed by atoms with van der Waals surface area (Å²) in [5.41, 5.74) is 5.33. The van der Waals surface area contributed by atoms with Crippen LogP contribution in [0.1, 0.15) is 68.3 Å². The van der Waals surface area contributed by atoms with Crippen molar-refractivity contribution in [3.05, 3.63) is 59.4 Å². The number of aromatic amines is 1. The number of aromatic nitrogens is 2. The highest BCUT2D eigenvalue weighted by Gasteiger charge is 2.48. The molecule has 37 heavy (non-hydrogen) atoms. The Morgan fingerprint density at radius 3 is 2.78 bits per heavy atom. The first kappa shape index (κ1) is 23.7. The molecule has 5 aliphatic rings. The highest BCUT2D eigenvalue weighted by molar-refractivity contribution is 5.85. The second kappa shape index (κ2) is 9.70. The van der Waals surface area contributed by atoms with Crippen molar-refractivity contribution in [2.75, 3.05) is 26.3 Å². The predicted octanol–water partition coefficient (Wildman–Crippen LogP) is 5.90. The van der Waals surface area contributed by atoms with E-state index in [-0.39, 0.29) is 18.8 Å². The molecule has 1 saturated heterocycles. The van der Waals surface area contributed by atoms with Crippen molar-refractivity contribution in [3.63, 3.8) is 0 Å². The van der Waals surface area contributed by atoms with Gasteiger partial charge in [0.2, 0.25) is 5.88 Å². The molecule has 0 spiro atoms. The average molecular weight is 503 g/mol. The number of hydrogen-bond donors (Lipinski definition) is 1. The quantitative estimate of drug-likeness (QED) is 0.437. The van der Waals surface area contributed by atoms with Crippen LogP contribution in [0.3, 0.4) is 0 Å². The number of halogens is 1. The second-order valence-electron chi connectivity index (χ2n) is 12.0. The van der Waals surface area contributed by atoms with E-state index in [4.69, 9.17) is 9.72 Å². The van der Waals surface area contributed by atoms with Crippen LogP contribution in [0.4, 0.5) is 4.39 Å². The molecule has 0 amide bonds. The average Bonchev–Trinajstić information content (AvgIpc) is 3.51. The zero-order valence-corrected chi connectivity index (χ0v) is 21.9. The van der Waals surface area contributed by atoms with Gasteiger partial charge in [-0.25, -0.2) is 4.98 Å². The molecule has 1 aromatic carbocycles. The fourth-order valence-electron chi connectivity index (χ4n) is 7.88. The monoisotopic (exact) mass is 502 g/mol. The molecule has 196 valence electrons. The number of para-hydroxylation sites is 1. The SMILES string of the molecule is C[C@@H]1Cc2c([nH]c3ccccc23)[C@@H](c2ccc(O[C@H]3CCN(CCCF)C3)nc2)N1C1CCC2CC1C2. The Hall–Kier alpha value is -2.44. The van der Waals surface area contributed by atoms with Gasteiger partial charge in [0.05, 0.1) is 12.7 Å². The molecule has 4 fully saturated rings. The molecule has 8 rings (SSSR count). The third-order valence-electron chi connectivity index (χ3n) is 9.70. The lowest BCUT2D eigenvalue weighted by atomic mass is 9.61. The first-order valence-corrected chi connectivity index (χ1v) is 14.5. The fourth-order valence-corrected chi connectivity index (χ4v) is 7.88. The van der Waals surface area contributed by atoms with E-state index in [0.29, 0.717) is 24.4 Å². The number of hydrogen-bond acceptors (Lipinski definition) is 4. The largest absolute Gasteiger partial charge is 0.473 e. The van der Waals surface area contributed by atoms with Crippen molar-refractivity contribution in [1.29, 1.82) is 0 Å². The third kappa shape index (κ3) is 4.26. The van der Waals surface area contributed by atoms with Crippen LogP contribution in [0.25, 0.3) is 10.9 Å². The Morgan fingerprint density at radius 1 is 1.11 bits per heavy atom. The molecule has 3 saturated carbocycles. The number of alkyl halides is 1. The van der Waals surface area contributed by atoms with Crippen LogP contribution in [0, 0.1) is 11.8 Å². The molecule has 1 N–H and O–H groups in total. The van der Waals surface area contributed by atoms with Gasteiger partial charge < -0.3 is 9.72 Å². The zero-order chi connectivity index (χ0) is 24.9. The Morgan fingerprint density at radius 2 is 2.00 bits per heavy atom. The molecule has 4 atom stereocenters. The molecule has 2 bridgehead atoms. The maximum absolute atomic E-state index is 12.6. The minimum atomic E-state index is -0.248. The molecule has 6 heteroatoms. The smallest absolute Gasteiger partial charge is 0.213 e. The standard InChI is InChI=1S/C31H39FN4O/c1-20-15-26-25-5-2-3-6-27(25)34-30(26)31(36(20)28-9-7-21-16-23(28)17-21)22-8-10-29(33-18-22)37-24-11-14-35(19-24)13-4-12-32/h2-3,5-6,8,10,18,20-21,23-24,28,31,34H,4,7,9,11-17,19H2,1H3/t20-,21?,23?,24+,28?,31-/m1/s1. The summed E-state index contributed by atoms with van der Waals surface area (Å²) in [7, 11) is 0. The number of nitrogens with zero attached hydrogens (tertiary/aromatic N) is 3. The van der Waals surface area contributed by atoms with Gasteiger partial charge in [-0.1, -0.05) is 24.3 Å². The van der Waals surface area contributed by atoms with Crippen molar-refractivity contribution < 1.29 is 9.13 Å². The summed E-state index contributed by atoms with van der Waals surface area (Å²) >= 11 is 0. The van der Waals surface area contributed by atoms with Crippen LogP contribution < -0.4 is 4.74 Å². The molecule has 2 aromatic heterocycles.